The van der Waals surface area contributed by atoms with Crippen LogP contribution in [0.4, 0.5) is 10.1 Å². The predicted octanol–water partition coefficient (Wildman–Crippen LogP) is 3.16. The number of halogens is 1. The van der Waals surface area contributed by atoms with E-state index in [1.807, 2.05) is 0 Å². The molecule has 11 heteroatoms. The Morgan fingerprint density at radius 3 is 2.11 bits per heavy atom. The van der Waals surface area contributed by atoms with Gasteiger partial charge in [0.2, 0.25) is 15.9 Å². The second kappa shape index (κ2) is 11.6. The van der Waals surface area contributed by atoms with Crippen molar-refractivity contribution in [2.75, 3.05) is 26.6 Å². The van der Waals surface area contributed by atoms with Crippen LogP contribution in [0.5, 0.6) is 11.5 Å². The second-order valence-electron chi connectivity index (χ2n) is 7.55. The van der Waals surface area contributed by atoms with Crippen LogP contribution in [0.2, 0.25) is 0 Å². The molecule has 0 aliphatic carbocycles. The summed E-state index contributed by atoms with van der Waals surface area (Å²) in [4.78, 5) is 25.5. The molecule has 36 heavy (non-hydrogen) atoms. The Morgan fingerprint density at radius 1 is 0.917 bits per heavy atom. The minimum atomic E-state index is -4.20. The molecule has 0 spiro atoms. The first-order valence-corrected chi connectivity index (χ1v) is 12.1. The number of esters is 1. The van der Waals surface area contributed by atoms with Gasteiger partial charge in [0, 0.05) is 12.1 Å². The highest BCUT2D eigenvalue weighted by molar-refractivity contribution is 7.89. The molecule has 3 aromatic rings. The van der Waals surface area contributed by atoms with E-state index in [4.69, 9.17) is 14.2 Å². The molecule has 2 N–H and O–H groups in total. The third-order valence-electron chi connectivity index (χ3n) is 5.21. The van der Waals surface area contributed by atoms with Gasteiger partial charge in [-0.1, -0.05) is 30.3 Å². The van der Waals surface area contributed by atoms with Crippen LogP contribution < -0.4 is 19.5 Å². The molecule has 0 aliphatic rings. The number of carbonyl (C=O) groups is 2. The Bertz CT molecular complexity index is 1330. The van der Waals surface area contributed by atoms with Gasteiger partial charge in [-0.3, -0.25) is 4.79 Å². The molecule has 0 heterocycles. The van der Waals surface area contributed by atoms with E-state index in [-0.39, 0.29) is 34.1 Å². The number of hydrogen-bond donors (Lipinski definition) is 2. The van der Waals surface area contributed by atoms with Crippen molar-refractivity contribution in [1.29, 1.82) is 0 Å². The largest absolute Gasteiger partial charge is 0.493 e. The molecule has 0 radical (unpaired) electrons. The third kappa shape index (κ3) is 6.37. The summed E-state index contributed by atoms with van der Waals surface area (Å²) in [5.74, 6) is -1.64. The van der Waals surface area contributed by atoms with E-state index in [1.54, 1.807) is 30.3 Å². The maximum absolute atomic E-state index is 13.4. The van der Waals surface area contributed by atoms with E-state index in [9.17, 15) is 22.4 Å². The van der Waals surface area contributed by atoms with Gasteiger partial charge in [-0.15, -0.1) is 0 Å². The number of carbonyl (C=O) groups excluding carboxylic acids is 2. The van der Waals surface area contributed by atoms with Crippen molar-refractivity contribution in [2.45, 2.75) is 17.4 Å². The first-order valence-electron chi connectivity index (χ1n) is 10.7. The minimum Gasteiger partial charge on any atom is -0.493 e. The number of benzene rings is 3. The summed E-state index contributed by atoms with van der Waals surface area (Å²) in [5.41, 5.74) is 0.687. The van der Waals surface area contributed by atoms with Crippen LogP contribution in [0, 0.1) is 5.82 Å². The fourth-order valence-electron chi connectivity index (χ4n) is 3.39. The van der Waals surface area contributed by atoms with Crippen LogP contribution in [0.1, 0.15) is 15.9 Å². The molecule has 3 rings (SSSR count). The lowest BCUT2D eigenvalue weighted by molar-refractivity contribution is -0.117. The summed E-state index contributed by atoms with van der Waals surface area (Å²) in [7, 11) is -0.250. The van der Waals surface area contributed by atoms with Crippen molar-refractivity contribution in [2.24, 2.45) is 0 Å². The van der Waals surface area contributed by atoms with E-state index in [0.717, 1.165) is 24.3 Å². The number of sulfonamides is 1. The van der Waals surface area contributed by atoms with E-state index in [2.05, 4.69) is 10.0 Å². The van der Waals surface area contributed by atoms with Gasteiger partial charge < -0.3 is 19.5 Å². The molecule has 3 aromatic carbocycles. The second-order valence-corrected chi connectivity index (χ2v) is 9.27. The maximum Gasteiger partial charge on any atom is 0.340 e. The van der Waals surface area contributed by atoms with Crippen LogP contribution in [-0.2, 0) is 26.0 Å². The van der Waals surface area contributed by atoms with E-state index in [0.29, 0.717) is 5.56 Å². The summed E-state index contributed by atoms with van der Waals surface area (Å²) < 4.78 is 56.9. The van der Waals surface area contributed by atoms with Crippen LogP contribution in [0.25, 0.3) is 0 Å². The van der Waals surface area contributed by atoms with Crippen LogP contribution >= 0.6 is 0 Å². The Hall–Kier alpha value is -3.96. The van der Waals surface area contributed by atoms with Gasteiger partial charge in [0.05, 0.1) is 37.5 Å². The highest BCUT2D eigenvalue weighted by Gasteiger charge is 2.28. The fraction of sp³-hybridized carbons (Fsp3) is 0.200. The summed E-state index contributed by atoms with van der Waals surface area (Å²) in [6.45, 7) is 0. The van der Waals surface area contributed by atoms with E-state index >= 15 is 0 Å². The van der Waals surface area contributed by atoms with E-state index < -0.39 is 33.8 Å². The Kier molecular flexibility index (Phi) is 8.62. The smallest absolute Gasteiger partial charge is 0.340 e. The normalized spacial score (nSPS) is 11.9. The lowest BCUT2D eigenvalue weighted by atomic mass is 10.1. The van der Waals surface area contributed by atoms with Crippen LogP contribution in [0.3, 0.4) is 0 Å². The molecular formula is C25H25FN2O7S. The first-order chi connectivity index (χ1) is 17.2. The Labute approximate surface area is 208 Å². The summed E-state index contributed by atoms with van der Waals surface area (Å²) in [5, 5.41) is 2.59. The topological polar surface area (TPSA) is 120 Å². The molecule has 9 nitrogen and oxygen atoms in total. The van der Waals surface area contributed by atoms with Gasteiger partial charge in [0.1, 0.15) is 11.9 Å². The van der Waals surface area contributed by atoms with Gasteiger partial charge in [0.25, 0.3) is 0 Å². The zero-order valence-corrected chi connectivity index (χ0v) is 20.6. The van der Waals surface area contributed by atoms with Crippen molar-refractivity contribution in [3.8, 4) is 11.5 Å². The van der Waals surface area contributed by atoms with Crippen LogP contribution in [0.15, 0.2) is 71.6 Å². The van der Waals surface area contributed by atoms with Gasteiger partial charge in [-0.05, 0) is 36.2 Å². The highest BCUT2D eigenvalue weighted by atomic mass is 32.2. The average Bonchev–Trinajstić information content (AvgIpc) is 2.88. The lowest BCUT2D eigenvalue weighted by Crippen LogP contribution is -2.45. The number of hydrogen-bond acceptors (Lipinski definition) is 7. The monoisotopic (exact) mass is 516 g/mol. The summed E-state index contributed by atoms with van der Waals surface area (Å²) in [6.07, 6.45) is -0.00601. The molecule has 190 valence electrons. The molecule has 0 saturated carbocycles. The molecule has 0 unspecified atom stereocenters. The molecule has 1 amide bonds. The Balaban J connectivity index is 1.98. The van der Waals surface area contributed by atoms with Crippen molar-refractivity contribution < 1.29 is 36.6 Å². The minimum absolute atomic E-state index is 0.00601. The van der Waals surface area contributed by atoms with Gasteiger partial charge in [0.15, 0.2) is 11.5 Å². The van der Waals surface area contributed by atoms with Crippen molar-refractivity contribution in [3.63, 3.8) is 0 Å². The molecule has 0 aromatic heterocycles. The number of nitrogens with one attached hydrogen (secondary N) is 2. The average molecular weight is 517 g/mol. The van der Waals surface area contributed by atoms with Gasteiger partial charge >= 0.3 is 5.97 Å². The lowest BCUT2D eigenvalue weighted by Gasteiger charge is -2.20. The number of rotatable bonds is 10. The number of methoxy groups -OCH3 is 3. The van der Waals surface area contributed by atoms with Crippen molar-refractivity contribution in [3.05, 3.63) is 83.7 Å². The molecule has 0 aliphatic heterocycles. The van der Waals surface area contributed by atoms with Gasteiger partial charge in [-0.25, -0.2) is 17.6 Å². The maximum atomic E-state index is 13.4. The van der Waals surface area contributed by atoms with Crippen molar-refractivity contribution in [1.82, 2.24) is 4.72 Å². The molecule has 0 fully saturated rings. The highest BCUT2D eigenvalue weighted by Crippen LogP contribution is 2.34. The molecule has 0 saturated heterocycles. The zero-order chi connectivity index (χ0) is 26.3. The summed E-state index contributed by atoms with van der Waals surface area (Å²) >= 11 is 0. The molecule has 1 atom stereocenters. The zero-order valence-electron chi connectivity index (χ0n) is 19.8. The first kappa shape index (κ1) is 26.6. The predicted molar refractivity (Wildman–Crippen MR) is 130 cm³/mol. The van der Waals surface area contributed by atoms with Gasteiger partial charge in [-0.2, -0.15) is 4.72 Å². The number of anilines is 1. The van der Waals surface area contributed by atoms with Crippen molar-refractivity contribution >= 4 is 27.6 Å². The van der Waals surface area contributed by atoms with E-state index in [1.165, 1.54) is 33.5 Å². The number of ether oxygens (including phenoxy) is 3. The summed E-state index contributed by atoms with van der Waals surface area (Å²) in [6, 6.07) is 14.4. The third-order valence-corrected chi connectivity index (χ3v) is 6.69. The number of amides is 1. The molecule has 0 bridgehead atoms. The SMILES string of the molecule is COC(=O)c1cc(OC)c(OC)cc1NC(=O)[C@@H](Cc1ccccc1)NS(=O)(=O)c1ccc(F)cc1. The molecular weight excluding hydrogens is 491 g/mol. The van der Waals surface area contributed by atoms with Crippen LogP contribution in [-0.4, -0.2) is 47.7 Å². The Morgan fingerprint density at radius 2 is 1.53 bits per heavy atom. The fourth-order valence-corrected chi connectivity index (χ4v) is 4.58. The standard InChI is InChI=1S/C25H25FN2O7S/c1-33-22-14-19(25(30)35-3)20(15-23(22)34-2)27-24(29)21(13-16-7-5-4-6-8-16)28-36(31,32)18-11-9-17(26)10-12-18/h4-12,14-15,21,28H,13H2,1-3H3,(H,27,29)/t21-/m1/s1. The quantitative estimate of drug-likeness (QED) is 0.397.